The maximum atomic E-state index is 6.04. The van der Waals surface area contributed by atoms with E-state index < -0.39 is 0 Å². The molecule has 0 unspecified atom stereocenters. The van der Waals surface area contributed by atoms with E-state index in [2.05, 4.69) is 15.2 Å². The van der Waals surface area contributed by atoms with Gasteiger partial charge in [0.1, 0.15) is 5.82 Å². The van der Waals surface area contributed by atoms with E-state index >= 15 is 0 Å². The highest BCUT2D eigenvalue weighted by molar-refractivity contribution is 5.85. The number of hydrogen-bond acceptors (Lipinski definition) is 5. The van der Waals surface area contributed by atoms with E-state index in [1.165, 1.54) is 0 Å². The number of rotatable bonds is 1. The lowest BCUT2D eigenvalue weighted by Crippen LogP contribution is -2.55. The standard InChI is InChI=1S/C16H20N4O.2ClH/c1-2-4-14-13(3-1)18-11-15(19-14)20-8-5-16(6-9-20)12-17-7-10-21-16;;/h1-4,11,17H,5-10,12H2;2*1H. The Kier molecular flexibility index (Phi) is 6.03. The van der Waals surface area contributed by atoms with Crippen LogP contribution in [-0.2, 0) is 4.74 Å². The molecule has 2 aliphatic heterocycles. The van der Waals surface area contributed by atoms with E-state index in [0.29, 0.717) is 0 Å². The van der Waals surface area contributed by atoms with Crippen LogP contribution in [0.2, 0.25) is 0 Å². The molecular weight excluding hydrogens is 335 g/mol. The van der Waals surface area contributed by atoms with Gasteiger partial charge in [-0.05, 0) is 25.0 Å². The molecule has 2 aliphatic rings. The van der Waals surface area contributed by atoms with Crippen molar-refractivity contribution in [1.82, 2.24) is 15.3 Å². The van der Waals surface area contributed by atoms with Crippen LogP contribution in [0.5, 0.6) is 0 Å². The average Bonchev–Trinajstić information content (AvgIpc) is 2.56. The molecule has 0 saturated carbocycles. The van der Waals surface area contributed by atoms with Crippen LogP contribution in [0.25, 0.3) is 11.0 Å². The summed E-state index contributed by atoms with van der Waals surface area (Å²) in [5.74, 6) is 0.979. The van der Waals surface area contributed by atoms with Gasteiger partial charge in [0.15, 0.2) is 0 Å². The van der Waals surface area contributed by atoms with Crippen molar-refractivity contribution in [3.63, 3.8) is 0 Å². The number of fused-ring (bicyclic) bond motifs is 1. The lowest BCUT2D eigenvalue weighted by atomic mass is 9.90. The van der Waals surface area contributed by atoms with Crippen LogP contribution < -0.4 is 10.2 Å². The summed E-state index contributed by atoms with van der Waals surface area (Å²) in [7, 11) is 0. The highest BCUT2D eigenvalue weighted by Gasteiger charge is 2.37. The third-order valence-corrected chi connectivity index (χ3v) is 4.57. The first-order valence-corrected chi connectivity index (χ1v) is 7.66. The molecule has 5 nitrogen and oxygen atoms in total. The van der Waals surface area contributed by atoms with E-state index in [4.69, 9.17) is 9.72 Å². The van der Waals surface area contributed by atoms with Gasteiger partial charge in [-0.3, -0.25) is 4.98 Å². The minimum Gasteiger partial charge on any atom is -0.372 e. The molecule has 23 heavy (non-hydrogen) atoms. The van der Waals surface area contributed by atoms with Gasteiger partial charge in [-0.2, -0.15) is 0 Å². The van der Waals surface area contributed by atoms with Crippen LogP contribution in [-0.4, -0.2) is 48.4 Å². The van der Waals surface area contributed by atoms with Gasteiger partial charge < -0.3 is 15.0 Å². The number of ether oxygens (including phenoxy) is 1. The van der Waals surface area contributed by atoms with E-state index in [-0.39, 0.29) is 30.4 Å². The Hall–Kier alpha value is -1.14. The van der Waals surface area contributed by atoms with Crippen LogP contribution >= 0.6 is 24.8 Å². The Balaban J connectivity index is 0.000000960. The molecule has 2 aromatic rings. The number of morpholine rings is 1. The number of para-hydroxylation sites is 2. The van der Waals surface area contributed by atoms with Gasteiger partial charge in [-0.1, -0.05) is 12.1 Å². The lowest BCUT2D eigenvalue weighted by Gasteiger charge is -2.44. The van der Waals surface area contributed by atoms with Crippen molar-refractivity contribution in [2.75, 3.05) is 37.7 Å². The van der Waals surface area contributed by atoms with Gasteiger partial charge >= 0.3 is 0 Å². The number of nitrogens with zero attached hydrogens (tertiary/aromatic N) is 3. The molecule has 1 N–H and O–H groups in total. The molecule has 2 fully saturated rings. The highest BCUT2D eigenvalue weighted by Crippen LogP contribution is 2.29. The fourth-order valence-corrected chi connectivity index (χ4v) is 3.27. The first kappa shape index (κ1) is 18.2. The second-order valence-corrected chi connectivity index (χ2v) is 5.91. The Bertz CT molecular complexity index is 639. The molecule has 3 heterocycles. The summed E-state index contributed by atoms with van der Waals surface area (Å²) in [6, 6.07) is 8.02. The predicted octanol–water partition coefficient (Wildman–Crippen LogP) is 2.43. The zero-order chi connectivity index (χ0) is 14.1. The van der Waals surface area contributed by atoms with Crippen molar-refractivity contribution >= 4 is 41.7 Å². The van der Waals surface area contributed by atoms with Gasteiger partial charge in [-0.25, -0.2) is 4.98 Å². The lowest BCUT2D eigenvalue weighted by molar-refractivity contribution is -0.0800. The summed E-state index contributed by atoms with van der Waals surface area (Å²) >= 11 is 0. The molecule has 126 valence electrons. The number of aromatic nitrogens is 2. The number of hydrogen-bond donors (Lipinski definition) is 1. The topological polar surface area (TPSA) is 50.3 Å². The Morgan fingerprint density at radius 3 is 2.52 bits per heavy atom. The quantitative estimate of drug-likeness (QED) is 0.850. The summed E-state index contributed by atoms with van der Waals surface area (Å²) < 4.78 is 6.04. The Morgan fingerprint density at radius 2 is 1.83 bits per heavy atom. The van der Waals surface area contributed by atoms with E-state index in [9.17, 15) is 0 Å². The first-order valence-electron chi connectivity index (χ1n) is 7.66. The van der Waals surface area contributed by atoms with Crippen LogP contribution in [0.3, 0.4) is 0 Å². The zero-order valence-corrected chi connectivity index (χ0v) is 14.5. The van der Waals surface area contributed by atoms with Gasteiger partial charge in [0.2, 0.25) is 0 Å². The number of nitrogens with one attached hydrogen (secondary N) is 1. The van der Waals surface area contributed by atoms with Crippen LogP contribution in [0.1, 0.15) is 12.8 Å². The SMILES string of the molecule is Cl.Cl.c1ccc2nc(N3CCC4(CC3)CNCCO4)cnc2c1. The molecular formula is C16H22Cl2N4O. The molecule has 1 aromatic heterocycles. The summed E-state index contributed by atoms with van der Waals surface area (Å²) in [4.78, 5) is 11.6. The second kappa shape index (κ2) is 7.62. The molecule has 0 atom stereocenters. The molecule has 0 amide bonds. The minimum absolute atomic E-state index is 0. The largest absolute Gasteiger partial charge is 0.372 e. The van der Waals surface area contributed by atoms with E-state index in [0.717, 1.165) is 62.5 Å². The minimum atomic E-state index is 0. The third-order valence-electron chi connectivity index (χ3n) is 4.57. The monoisotopic (exact) mass is 356 g/mol. The third kappa shape index (κ3) is 3.69. The molecule has 0 bridgehead atoms. The van der Waals surface area contributed by atoms with Crippen molar-refractivity contribution < 1.29 is 4.74 Å². The van der Waals surface area contributed by atoms with Crippen molar-refractivity contribution in [2.45, 2.75) is 18.4 Å². The van der Waals surface area contributed by atoms with Crippen molar-refractivity contribution in [3.8, 4) is 0 Å². The number of anilines is 1. The van der Waals surface area contributed by atoms with Crippen LogP contribution in [0.15, 0.2) is 30.5 Å². The fraction of sp³-hybridized carbons (Fsp3) is 0.500. The van der Waals surface area contributed by atoms with Gasteiger partial charge in [-0.15, -0.1) is 24.8 Å². The smallest absolute Gasteiger partial charge is 0.147 e. The van der Waals surface area contributed by atoms with Crippen molar-refractivity contribution in [2.24, 2.45) is 0 Å². The van der Waals surface area contributed by atoms with Crippen LogP contribution in [0, 0.1) is 0 Å². The van der Waals surface area contributed by atoms with Gasteiger partial charge in [0.25, 0.3) is 0 Å². The summed E-state index contributed by atoms with van der Waals surface area (Å²) in [5, 5.41) is 3.45. The summed E-state index contributed by atoms with van der Waals surface area (Å²) in [6.45, 7) is 4.74. The molecule has 1 spiro atoms. The predicted molar refractivity (Wildman–Crippen MR) is 97.0 cm³/mol. The van der Waals surface area contributed by atoms with Crippen molar-refractivity contribution in [3.05, 3.63) is 30.5 Å². The fourth-order valence-electron chi connectivity index (χ4n) is 3.27. The van der Waals surface area contributed by atoms with E-state index in [1.54, 1.807) is 0 Å². The van der Waals surface area contributed by atoms with E-state index in [1.807, 2.05) is 30.5 Å². The second-order valence-electron chi connectivity index (χ2n) is 5.91. The molecule has 0 aliphatic carbocycles. The number of halogens is 2. The maximum Gasteiger partial charge on any atom is 0.147 e. The Labute approximate surface area is 148 Å². The normalized spacial score (nSPS) is 19.9. The van der Waals surface area contributed by atoms with Crippen LogP contribution in [0.4, 0.5) is 5.82 Å². The Morgan fingerprint density at radius 1 is 1.09 bits per heavy atom. The number of benzene rings is 1. The summed E-state index contributed by atoms with van der Waals surface area (Å²) in [6.07, 6.45) is 3.99. The van der Waals surface area contributed by atoms with Gasteiger partial charge in [0.05, 0.1) is 29.4 Å². The summed E-state index contributed by atoms with van der Waals surface area (Å²) in [5.41, 5.74) is 1.96. The molecule has 7 heteroatoms. The maximum absolute atomic E-state index is 6.04. The molecule has 0 radical (unpaired) electrons. The first-order chi connectivity index (χ1) is 10.3. The molecule has 4 rings (SSSR count). The van der Waals surface area contributed by atoms with Crippen molar-refractivity contribution in [1.29, 1.82) is 0 Å². The highest BCUT2D eigenvalue weighted by atomic mass is 35.5. The van der Waals surface area contributed by atoms with Gasteiger partial charge in [0, 0.05) is 26.2 Å². The molecule has 2 saturated heterocycles. The number of piperidine rings is 1. The molecule has 1 aromatic carbocycles. The zero-order valence-electron chi connectivity index (χ0n) is 12.9. The average molecular weight is 357 g/mol.